The van der Waals surface area contributed by atoms with Crippen molar-refractivity contribution in [2.45, 2.75) is 6.42 Å². The quantitative estimate of drug-likeness (QED) is 0.277. The molecule has 1 amide bonds. The highest BCUT2D eigenvalue weighted by Gasteiger charge is 2.27. The van der Waals surface area contributed by atoms with Gasteiger partial charge in [0.15, 0.2) is 0 Å². The highest BCUT2D eigenvalue weighted by atomic mass is 16.1. The van der Waals surface area contributed by atoms with Gasteiger partial charge in [-0.15, -0.1) is 0 Å². The van der Waals surface area contributed by atoms with Gasteiger partial charge in [0.1, 0.15) is 5.82 Å². The monoisotopic (exact) mass is 449 g/mol. The summed E-state index contributed by atoms with van der Waals surface area (Å²) >= 11 is 0. The van der Waals surface area contributed by atoms with Crippen LogP contribution in [0.5, 0.6) is 0 Å². The zero-order valence-electron chi connectivity index (χ0n) is 18.3. The smallest absolute Gasteiger partial charge is 0.255 e. The Hall–Kier alpha value is -4.65. The fraction of sp³-hybridized carbons (Fsp3) is 0.0741. The number of benzene rings is 2. The first kappa shape index (κ1) is 21.2. The van der Waals surface area contributed by atoms with E-state index in [1.165, 1.54) is 0 Å². The number of pyridine rings is 1. The third-order valence-electron chi connectivity index (χ3n) is 5.84. The summed E-state index contributed by atoms with van der Waals surface area (Å²) in [6, 6.07) is 20.5. The Morgan fingerprint density at radius 1 is 0.941 bits per heavy atom. The Balaban J connectivity index is 1.45. The van der Waals surface area contributed by atoms with E-state index in [1.54, 1.807) is 48.8 Å². The van der Waals surface area contributed by atoms with Gasteiger partial charge in [-0.2, -0.15) is 0 Å². The third kappa shape index (κ3) is 3.95. The SMILES string of the molecule is Nc1[nH]c(C(=O)c2ccccc2)c(-c2ccncc2)c1C(=O)NCCc1c[nH]c2ccccc12. The molecule has 34 heavy (non-hydrogen) atoms. The van der Waals surface area contributed by atoms with Crippen LogP contribution in [0.1, 0.15) is 32.0 Å². The lowest BCUT2D eigenvalue weighted by Crippen LogP contribution is -2.26. The number of aromatic amines is 2. The molecule has 0 spiro atoms. The summed E-state index contributed by atoms with van der Waals surface area (Å²) in [6.07, 6.45) is 5.85. The number of aromatic nitrogens is 3. The number of fused-ring (bicyclic) bond motifs is 1. The topological polar surface area (TPSA) is 117 Å². The van der Waals surface area contributed by atoms with Crippen molar-refractivity contribution in [3.63, 3.8) is 0 Å². The number of carbonyl (C=O) groups is 2. The number of nitrogens with one attached hydrogen (secondary N) is 3. The molecule has 5 rings (SSSR count). The van der Waals surface area contributed by atoms with E-state index in [1.807, 2.05) is 30.5 Å². The lowest BCUT2D eigenvalue weighted by atomic mass is 9.97. The maximum absolute atomic E-state index is 13.3. The van der Waals surface area contributed by atoms with E-state index in [-0.39, 0.29) is 28.8 Å². The molecule has 0 aliphatic carbocycles. The number of carbonyl (C=O) groups excluding carboxylic acids is 2. The highest BCUT2D eigenvalue weighted by Crippen LogP contribution is 2.33. The first-order valence-corrected chi connectivity index (χ1v) is 11.0. The molecule has 0 aliphatic rings. The lowest BCUT2D eigenvalue weighted by molar-refractivity contribution is 0.0955. The molecule has 2 aromatic carbocycles. The number of ketones is 1. The van der Waals surface area contributed by atoms with Gasteiger partial charge >= 0.3 is 0 Å². The van der Waals surface area contributed by atoms with Crippen LogP contribution in [0.4, 0.5) is 5.82 Å². The summed E-state index contributed by atoms with van der Waals surface area (Å²) in [6.45, 7) is 0.420. The molecule has 0 saturated heterocycles. The Morgan fingerprint density at radius 3 is 2.47 bits per heavy atom. The number of para-hydroxylation sites is 1. The maximum Gasteiger partial charge on any atom is 0.255 e. The van der Waals surface area contributed by atoms with Crippen molar-refractivity contribution in [3.05, 3.63) is 108 Å². The van der Waals surface area contributed by atoms with Gasteiger partial charge in [0, 0.05) is 47.2 Å². The summed E-state index contributed by atoms with van der Waals surface area (Å²) in [4.78, 5) is 36.8. The van der Waals surface area contributed by atoms with Gasteiger partial charge in [-0.05, 0) is 35.7 Å². The normalized spacial score (nSPS) is 10.9. The summed E-state index contributed by atoms with van der Waals surface area (Å²) in [7, 11) is 0. The summed E-state index contributed by atoms with van der Waals surface area (Å²) in [5.74, 6) is -0.430. The first-order chi connectivity index (χ1) is 16.6. The van der Waals surface area contributed by atoms with Gasteiger partial charge in [0.25, 0.3) is 5.91 Å². The number of nitrogens with two attached hydrogens (primary N) is 1. The number of hydrogen-bond acceptors (Lipinski definition) is 4. The first-order valence-electron chi connectivity index (χ1n) is 11.0. The summed E-state index contributed by atoms with van der Waals surface area (Å²) in [5.41, 5.74) is 10.6. The number of rotatable bonds is 7. The van der Waals surface area contributed by atoms with Crippen LogP contribution in [-0.2, 0) is 6.42 Å². The lowest BCUT2D eigenvalue weighted by Gasteiger charge is -2.09. The highest BCUT2D eigenvalue weighted by molar-refractivity contribution is 6.17. The summed E-state index contributed by atoms with van der Waals surface area (Å²) in [5, 5.41) is 4.10. The van der Waals surface area contributed by atoms with Crippen molar-refractivity contribution in [3.8, 4) is 11.1 Å². The number of H-pyrrole nitrogens is 2. The van der Waals surface area contributed by atoms with Crippen LogP contribution in [0, 0.1) is 0 Å². The molecule has 5 N–H and O–H groups in total. The van der Waals surface area contributed by atoms with Gasteiger partial charge in [-0.25, -0.2) is 0 Å². The van der Waals surface area contributed by atoms with Crippen LogP contribution < -0.4 is 11.1 Å². The summed E-state index contributed by atoms with van der Waals surface area (Å²) < 4.78 is 0. The maximum atomic E-state index is 13.3. The second kappa shape index (κ2) is 9.07. The molecular formula is C27H23N5O2. The number of nitrogen functional groups attached to an aromatic ring is 1. The molecule has 7 nitrogen and oxygen atoms in total. The van der Waals surface area contributed by atoms with Gasteiger partial charge < -0.3 is 21.0 Å². The molecular weight excluding hydrogens is 426 g/mol. The molecule has 0 fully saturated rings. The van der Waals surface area contributed by atoms with Crippen LogP contribution in [-0.4, -0.2) is 33.2 Å². The molecule has 0 radical (unpaired) electrons. The number of anilines is 1. The predicted molar refractivity (Wildman–Crippen MR) is 133 cm³/mol. The van der Waals surface area contributed by atoms with E-state index in [4.69, 9.17) is 5.73 Å². The minimum absolute atomic E-state index is 0.149. The van der Waals surface area contributed by atoms with Crippen molar-refractivity contribution < 1.29 is 9.59 Å². The van der Waals surface area contributed by atoms with Crippen molar-refractivity contribution in [2.24, 2.45) is 0 Å². The van der Waals surface area contributed by atoms with Crippen LogP contribution in [0.3, 0.4) is 0 Å². The van der Waals surface area contributed by atoms with Crippen LogP contribution in [0.25, 0.3) is 22.0 Å². The zero-order chi connectivity index (χ0) is 23.5. The second-order valence-electron chi connectivity index (χ2n) is 7.96. The zero-order valence-corrected chi connectivity index (χ0v) is 18.3. The molecule has 0 saturated carbocycles. The van der Waals surface area contributed by atoms with E-state index in [2.05, 4.69) is 26.3 Å². The van der Waals surface area contributed by atoms with E-state index in [0.29, 0.717) is 29.7 Å². The largest absolute Gasteiger partial charge is 0.385 e. The second-order valence-corrected chi connectivity index (χ2v) is 7.96. The van der Waals surface area contributed by atoms with E-state index in [9.17, 15) is 9.59 Å². The van der Waals surface area contributed by atoms with Crippen LogP contribution >= 0.6 is 0 Å². The standard InChI is InChI=1S/C27H23N5O2/c28-26-23(27(34)30-15-12-19-16-31-21-9-5-4-8-20(19)21)22(17-10-13-29-14-11-17)24(32-26)25(33)18-6-2-1-3-7-18/h1-11,13-14,16,31-32H,12,15,28H2,(H,30,34). The molecule has 0 aliphatic heterocycles. The van der Waals surface area contributed by atoms with Gasteiger partial charge in [0.2, 0.25) is 5.78 Å². The van der Waals surface area contributed by atoms with E-state index >= 15 is 0 Å². The molecule has 0 atom stereocenters. The molecule has 3 aromatic heterocycles. The Bertz CT molecular complexity index is 1470. The van der Waals surface area contributed by atoms with Gasteiger partial charge in [-0.3, -0.25) is 14.6 Å². The third-order valence-corrected chi connectivity index (χ3v) is 5.84. The van der Waals surface area contributed by atoms with Crippen molar-refractivity contribution in [2.75, 3.05) is 12.3 Å². The minimum Gasteiger partial charge on any atom is -0.385 e. The number of amides is 1. The molecule has 0 bridgehead atoms. The van der Waals surface area contributed by atoms with Crippen LogP contribution in [0.2, 0.25) is 0 Å². The van der Waals surface area contributed by atoms with Crippen molar-refractivity contribution >= 4 is 28.4 Å². The molecule has 5 aromatic rings. The van der Waals surface area contributed by atoms with Crippen LogP contribution in [0.15, 0.2) is 85.3 Å². The number of nitrogens with zero attached hydrogens (tertiary/aromatic N) is 1. The Kier molecular flexibility index (Phi) is 5.66. The van der Waals surface area contributed by atoms with E-state index < -0.39 is 0 Å². The molecule has 7 heteroatoms. The average molecular weight is 450 g/mol. The minimum atomic E-state index is -0.340. The van der Waals surface area contributed by atoms with Crippen molar-refractivity contribution in [1.82, 2.24) is 20.3 Å². The fourth-order valence-corrected chi connectivity index (χ4v) is 4.20. The average Bonchev–Trinajstić information content (AvgIpc) is 3.45. The van der Waals surface area contributed by atoms with E-state index in [0.717, 1.165) is 16.5 Å². The van der Waals surface area contributed by atoms with Gasteiger partial charge in [-0.1, -0.05) is 48.5 Å². The number of hydrogen-bond donors (Lipinski definition) is 4. The Morgan fingerprint density at radius 2 is 1.68 bits per heavy atom. The molecule has 168 valence electrons. The fourth-order valence-electron chi connectivity index (χ4n) is 4.20. The molecule has 3 heterocycles. The van der Waals surface area contributed by atoms with Crippen molar-refractivity contribution in [1.29, 1.82) is 0 Å². The van der Waals surface area contributed by atoms with Gasteiger partial charge in [0.05, 0.1) is 11.3 Å². The predicted octanol–water partition coefficient (Wildman–Crippen LogP) is 4.34. The Labute approximate surface area is 196 Å². The molecule has 0 unspecified atom stereocenters.